The number of alkyl halides is 3. The molecule has 1 heterocycles. The van der Waals surface area contributed by atoms with Gasteiger partial charge in [-0.1, -0.05) is 26.0 Å². The molecule has 0 bridgehead atoms. The summed E-state index contributed by atoms with van der Waals surface area (Å²) in [6.45, 7) is 3.72. The van der Waals surface area contributed by atoms with Crippen molar-refractivity contribution in [1.29, 1.82) is 0 Å². The zero-order valence-electron chi connectivity index (χ0n) is 17.3. The van der Waals surface area contributed by atoms with Gasteiger partial charge in [-0.15, -0.1) is 0 Å². The highest BCUT2D eigenvalue weighted by atomic mass is 19.4. The van der Waals surface area contributed by atoms with Gasteiger partial charge in [0.25, 0.3) is 0 Å². The van der Waals surface area contributed by atoms with Gasteiger partial charge in [0.1, 0.15) is 11.6 Å². The van der Waals surface area contributed by atoms with Crippen LogP contribution in [0.5, 0.6) is 0 Å². The Hall–Kier alpha value is -3.29. The van der Waals surface area contributed by atoms with Crippen molar-refractivity contribution < 1.29 is 31.9 Å². The fourth-order valence-corrected chi connectivity index (χ4v) is 3.43. The second-order valence-electron chi connectivity index (χ2n) is 7.92. The maximum atomic E-state index is 13.8. The van der Waals surface area contributed by atoms with Crippen molar-refractivity contribution in [1.82, 2.24) is 4.98 Å². The molecule has 3 nitrogen and oxygen atoms in total. The van der Waals surface area contributed by atoms with Crippen LogP contribution in [0, 0.1) is 17.6 Å². The van der Waals surface area contributed by atoms with Crippen LogP contribution in [0.25, 0.3) is 22.5 Å². The number of hydrogen-bond donors (Lipinski definition) is 1. The summed E-state index contributed by atoms with van der Waals surface area (Å²) in [5, 5.41) is 9.75. The van der Waals surface area contributed by atoms with Gasteiger partial charge in [-0.2, -0.15) is 13.2 Å². The van der Waals surface area contributed by atoms with E-state index >= 15 is 0 Å². The number of pyridine rings is 1. The molecule has 0 radical (unpaired) electrons. The summed E-state index contributed by atoms with van der Waals surface area (Å²) in [6.07, 6.45) is -4.22. The Balaban J connectivity index is 2.19. The smallest absolute Gasteiger partial charge is 0.416 e. The first-order chi connectivity index (χ1) is 14.9. The molecule has 0 saturated heterocycles. The molecule has 1 atom stereocenters. The van der Waals surface area contributed by atoms with Gasteiger partial charge >= 0.3 is 12.1 Å². The summed E-state index contributed by atoms with van der Waals surface area (Å²) in [5.41, 5.74) is 0.221. The van der Waals surface area contributed by atoms with E-state index in [1.54, 1.807) is 0 Å². The third kappa shape index (κ3) is 5.49. The van der Waals surface area contributed by atoms with E-state index in [4.69, 9.17) is 0 Å². The number of aromatic nitrogens is 1. The van der Waals surface area contributed by atoms with Crippen molar-refractivity contribution in [2.45, 2.75) is 32.4 Å². The molecule has 8 heteroatoms. The molecule has 168 valence electrons. The summed E-state index contributed by atoms with van der Waals surface area (Å²) in [7, 11) is 0. The number of hydrogen-bond acceptors (Lipinski definition) is 2. The first-order valence-electron chi connectivity index (χ1n) is 9.83. The summed E-state index contributed by atoms with van der Waals surface area (Å²) in [4.78, 5) is 16.3. The van der Waals surface area contributed by atoms with Crippen molar-refractivity contribution in [3.63, 3.8) is 0 Å². The number of carboxylic acid groups (broad SMARTS) is 1. The number of halogens is 5. The summed E-state index contributed by atoms with van der Waals surface area (Å²) in [6, 6.07) is 10.00. The van der Waals surface area contributed by atoms with Crippen molar-refractivity contribution in [3.05, 3.63) is 77.4 Å². The van der Waals surface area contributed by atoms with Crippen LogP contribution in [-0.4, -0.2) is 16.1 Å². The van der Waals surface area contributed by atoms with E-state index in [9.17, 15) is 31.9 Å². The SMILES string of the molecule is CC(C)CC(C(=O)O)c1cc(-c2ccc(C(F)(F)F)cc2)nc(-c2cc(F)cc(F)c2)c1. The van der Waals surface area contributed by atoms with Crippen LogP contribution in [0.15, 0.2) is 54.6 Å². The van der Waals surface area contributed by atoms with Crippen LogP contribution >= 0.6 is 0 Å². The Morgan fingerprint density at radius 3 is 1.91 bits per heavy atom. The molecular formula is C24H20F5NO2. The number of carboxylic acids is 1. The fourth-order valence-electron chi connectivity index (χ4n) is 3.43. The number of nitrogens with zero attached hydrogens (tertiary/aromatic N) is 1. The zero-order valence-corrected chi connectivity index (χ0v) is 17.3. The highest BCUT2D eigenvalue weighted by Crippen LogP contribution is 2.34. The Morgan fingerprint density at radius 2 is 1.44 bits per heavy atom. The second kappa shape index (κ2) is 9.06. The van der Waals surface area contributed by atoms with E-state index in [0.29, 0.717) is 23.6 Å². The van der Waals surface area contributed by atoms with Crippen LogP contribution < -0.4 is 0 Å². The Bertz CT molecular complexity index is 1100. The first kappa shape index (κ1) is 23.4. The van der Waals surface area contributed by atoms with Crippen LogP contribution in [0.2, 0.25) is 0 Å². The van der Waals surface area contributed by atoms with Gasteiger partial charge in [-0.05, 0) is 54.3 Å². The molecule has 0 fully saturated rings. The predicted molar refractivity (Wildman–Crippen MR) is 110 cm³/mol. The van der Waals surface area contributed by atoms with Gasteiger partial charge < -0.3 is 5.11 Å². The van der Waals surface area contributed by atoms with Crippen molar-refractivity contribution in [3.8, 4) is 22.5 Å². The third-order valence-corrected chi connectivity index (χ3v) is 4.92. The zero-order chi connectivity index (χ0) is 23.6. The van der Waals surface area contributed by atoms with Crippen LogP contribution in [0.3, 0.4) is 0 Å². The summed E-state index contributed by atoms with van der Waals surface area (Å²) < 4.78 is 66.3. The quantitative estimate of drug-likeness (QED) is 0.415. The van der Waals surface area contributed by atoms with E-state index in [-0.39, 0.29) is 22.9 Å². The van der Waals surface area contributed by atoms with Crippen molar-refractivity contribution in [2.75, 3.05) is 0 Å². The molecule has 1 unspecified atom stereocenters. The molecule has 3 aromatic rings. The lowest BCUT2D eigenvalue weighted by Crippen LogP contribution is -2.14. The highest BCUT2D eigenvalue weighted by Gasteiger charge is 2.30. The average Bonchev–Trinajstić information content (AvgIpc) is 2.70. The van der Waals surface area contributed by atoms with Gasteiger partial charge in [-0.3, -0.25) is 4.79 Å². The molecule has 0 aliphatic heterocycles. The molecule has 0 saturated carbocycles. The van der Waals surface area contributed by atoms with E-state index in [0.717, 1.165) is 24.3 Å². The summed E-state index contributed by atoms with van der Waals surface area (Å²) >= 11 is 0. The van der Waals surface area contributed by atoms with Crippen LogP contribution in [0.4, 0.5) is 22.0 Å². The van der Waals surface area contributed by atoms with Gasteiger partial charge in [0.05, 0.1) is 22.9 Å². The Kier molecular flexibility index (Phi) is 6.62. The van der Waals surface area contributed by atoms with E-state index in [1.165, 1.54) is 24.3 Å². The van der Waals surface area contributed by atoms with Crippen LogP contribution in [0.1, 0.15) is 37.3 Å². The third-order valence-electron chi connectivity index (χ3n) is 4.92. The largest absolute Gasteiger partial charge is 0.481 e. The minimum absolute atomic E-state index is 0.0360. The molecule has 2 aromatic carbocycles. The Morgan fingerprint density at radius 1 is 0.906 bits per heavy atom. The predicted octanol–water partition coefficient (Wildman–Crippen LogP) is 6.93. The molecule has 0 aliphatic carbocycles. The maximum Gasteiger partial charge on any atom is 0.416 e. The van der Waals surface area contributed by atoms with E-state index in [2.05, 4.69) is 4.98 Å². The van der Waals surface area contributed by atoms with E-state index in [1.807, 2.05) is 13.8 Å². The van der Waals surface area contributed by atoms with Crippen molar-refractivity contribution >= 4 is 5.97 Å². The lowest BCUT2D eigenvalue weighted by atomic mass is 9.89. The molecule has 1 aromatic heterocycles. The van der Waals surface area contributed by atoms with Gasteiger partial charge in [0.2, 0.25) is 0 Å². The maximum absolute atomic E-state index is 13.8. The normalized spacial score (nSPS) is 12.8. The fraction of sp³-hybridized carbons (Fsp3) is 0.250. The first-order valence-corrected chi connectivity index (χ1v) is 9.83. The van der Waals surface area contributed by atoms with Crippen LogP contribution in [-0.2, 0) is 11.0 Å². The molecular weight excluding hydrogens is 429 g/mol. The van der Waals surface area contributed by atoms with Gasteiger partial charge in [0.15, 0.2) is 0 Å². The van der Waals surface area contributed by atoms with Gasteiger partial charge in [-0.25, -0.2) is 13.8 Å². The number of benzene rings is 2. The Labute approximate surface area is 181 Å². The number of carbonyl (C=O) groups is 1. The molecule has 0 amide bonds. The molecule has 1 N–H and O–H groups in total. The highest BCUT2D eigenvalue weighted by molar-refractivity contribution is 5.78. The molecule has 3 rings (SSSR count). The van der Waals surface area contributed by atoms with E-state index < -0.39 is 35.3 Å². The standard InChI is InChI=1S/C24H20F5NO2/c1-13(2)7-20(23(31)32)15-10-21(14-3-5-17(6-4-14)24(27,28)29)30-22(11-15)16-8-18(25)12-19(26)9-16/h3-6,8-13,20H,7H2,1-2H3,(H,31,32). The lowest BCUT2D eigenvalue weighted by molar-refractivity contribution is -0.139. The topological polar surface area (TPSA) is 50.2 Å². The minimum atomic E-state index is -4.51. The molecule has 0 spiro atoms. The summed E-state index contributed by atoms with van der Waals surface area (Å²) in [5.74, 6) is -3.64. The minimum Gasteiger partial charge on any atom is -0.481 e. The molecule has 0 aliphatic rings. The average molecular weight is 449 g/mol. The second-order valence-corrected chi connectivity index (χ2v) is 7.92. The molecule has 32 heavy (non-hydrogen) atoms. The van der Waals surface area contributed by atoms with Gasteiger partial charge in [0, 0.05) is 17.2 Å². The monoisotopic (exact) mass is 449 g/mol. The van der Waals surface area contributed by atoms with Crippen molar-refractivity contribution in [2.24, 2.45) is 5.92 Å². The number of aliphatic carboxylic acids is 1. The number of rotatable bonds is 6. The lowest BCUT2D eigenvalue weighted by Gasteiger charge is -2.18.